The van der Waals surface area contributed by atoms with Gasteiger partial charge in [-0.25, -0.2) is 0 Å². The Balaban J connectivity index is 1.54. The lowest BCUT2D eigenvalue weighted by Crippen LogP contribution is -2.35. The van der Waals surface area contributed by atoms with Crippen LogP contribution in [-0.2, 0) is 20.5 Å². The number of amides is 1. The van der Waals surface area contributed by atoms with E-state index in [0.29, 0.717) is 6.42 Å². The first-order valence-corrected chi connectivity index (χ1v) is 7.53. The molecule has 7 heteroatoms. The molecule has 1 aromatic rings. The van der Waals surface area contributed by atoms with Gasteiger partial charge in [-0.2, -0.15) is 13.2 Å². The van der Waals surface area contributed by atoms with Crippen LogP contribution in [0.4, 0.5) is 18.9 Å². The van der Waals surface area contributed by atoms with Gasteiger partial charge in [-0.05, 0) is 37.0 Å². The third kappa shape index (κ3) is 2.21. The highest BCUT2D eigenvalue weighted by Crippen LogP contribution is 2.57. The molecule has 2 saturated carbocycles. The number of hydrogen-bond donors (Lipinski definition) is 1. The summed E-state index contributed by atoms with van der Waals surface area (Å²) in [6, 6.07) is 4.52. The largest absolute Gasteiger partial charge is 0.462 e. The number of alkyl halides is 3. The summed E-state index contributed by atoms with van der Waals surface area (Å²) in [6.45, 7) is 0. The molecule has 5 atom stereocenters. The van der Waals surface area contributed by atoms with Crippen LogP contribution in [0.1, 0.15) is 18.4 Å². The molecule has 0 spiro atoms. The molecule has 3 aliphatic rings. The van der Waals surface area contributed by atoms with E-state index in [1.807, 2.05) is 0 Å². The Morgan fingerprint density at radius 3 is 2.78 bits per heavy atom. The minimum Gasteiger partial charge on any atom is -0.462 e. The first-order valence-electron chi connectivity index (χ1n) is 7.53. The number of halogens is 3. The molecular weight excluding hydrogens is 311 g/mol. The second kappa shape index (κ2) is 4.72. The molecule has 1 aromatic carbocycles. The predicted molar refractivity (Wildman–Crippen MR) is 73.1 cm³/mol. The third-order valence-electron chi connectivity index (χ3n) is 5.24. The zero-order valence-corrected chi connectivity index (χ0v) is 12.0. The van der Waals surface area contributed by atoms with Gasteiger partial charge >= 0.3 is 12.1 Å². The van der Waals surface area contributed by atoms with E-state index in [4.69, 9.17) is 4.74 Å². The highest BCUT2D eigenvalue weighted by molar-refractivity contribution is 5.97. The molecule has 1 amide bonds. The quantitative estimate of drug-likeness (QED) is 0.851. The van der Waals surface area contributed by atoms with Crippen molar-refractivity contribution in [2.24, 2.45) is 23.7 Å². The average molecular weight is 325 g/mol. The van der Waals surface area contributed by atoms with Crippen molar-refractivity contribution in [3.05, 3.63) is 29.8 Å². The Hall–Kier alpha value is -2.05. The number of fused-ring (bicyclic) bond motifs is 1. The molecule has 0 aromatic heterocycles. The van der Waals surface area contributed by atoms with Crippen LogP contribution in [-0.4, -0.2) is 18.0 Å². The number of hydrogen-bond acceptors (Lipinski definition) is 3. The number of rotatable bonds is 2. The van der Waals surface area contributed by atoms with Crippen LogP contribution >= 0.6 is 0 Å². The summed E-state index contributed by atoms with van der Waals surface area (Å²) < 4.78 is 43.5. The van der Waals surface area contributed by atoms with Crippen LogP contribution in [0, 0.1) is 23.7 Å². The maximum atomic E-state index is 12.7. The van der Waals surface area contributed by atoms with Gasteiger partial charge in [0.25, 0.3) is 0 Å². The van der Waals surface area contributed by atoms with Gasteiger partial charge in [0.1, 0.15) is 6.10 Å². The summed E-state index contributed by atoms with van der Waals surface area (Å²) in [6.07, 6.45) is -3.08. The van der Waals surface area contributed by atoms with E-state index in [1.54, 1.807) is 0 Å². The minimum atomic E-state index is -4.46. The molecule has 1 aliphatic heterocycles. The lowest BCUT2D eigenvalue weighted by atomic mass is 9.79. The van der Waals surface area contributed by atoms with Crippen molar-refractivity contribution >= 4 is 17.6 Å². The van der Waals surface area contributed by atoms with Crippen LogP contribution < -0.4 is 5.32 Å². The minimum absolute atomic E-state index is 0.0740. The van der Waals surface area contributed by atoms with Gasteiger partial charge in [-0.1, -0.05) is 6.07 Å². The first-order chi connectivity index (χ1) is 10.8. The van der Waals surface area contributed by atoms with Crippen LogP contribution in [0.25, 0.3) is 0 Å². The fourth-order valence-electron chi connectivity index (χ4n) is 4.36. The van der Waals surface area contributed by atoms with E-state index in [-0.39, 0.29) is 35.5 Å². The molecule has 2 bridgehead atoms. The standard InChI is InChI=1S/C16H14F3NO3/c17-16(18,19)8-2-1-3-9(6-8)20-14(21)12-7-4-10-11(5-7)23-15(22)13(10)12/h1-3,6-7,10-13H,4-5H2,(H,20,21)/t7-,10+,11-,12-,13-/m0/s1. The van der Waals surface area contributed by atoms with Crippen molar-refractivity contribution in [3.63, 3.8) is 0 Å². The molecule has 122 valence electrons. The summed E-state index contributed by atoms with van der Waals surface area (Å²) in [5.74, 6) is -1.51. The average Bonchev–Trinajstić information content (AvgIpc) is 3.08. The van der Waals surface area contributed by atoms with Crippen LogP contribution in [0.5, 0.6) is 0 Å². The lowest BCUT2D eigenvalue weighted by molar-refractivity contribution is -0.145. The summed E-state index contributed by atoms with van der Waals surface area (Å²) in [5.41, 5.74) is -0.723. The van der Waals surface area contributed by atoms with Gasteiger partial charge in [0, 0.05) is 11.6 Å². The van der Waals surface area contributed by atoms with Gasteiger partial charge in [0.2, 0.25) is 5.91 Å². The third-order valence-corrected chi connectivity index (χ3v) is 5.24. The number of nitrogens with one attached hydrogen (secondary N) is 1. The molecule has 4 rings (SSSR count). The molecule has 2 aliphatic carbocycles. The van der Waals surface area contributed by atoms with Gasteiger partial charge in [0.15, 0.2) is 0 Å². The van der Waals surface area contributed by atoms with Crippen molar-refractivity contribution in [2.75, 3.05) is 5.32 Å². The van der Waals surface area contributed by atoms with Crippen LogP contribution in [0.3, 0.4) is 0 Å². The summed E-state index contributed by atoms with van der Waals surface area (Å²) in [4.78, 5) is 24.4. The Morgan fingerprint density at radius 1 is 1.26 bits per heavy atom. The number of carbonyl (C=O) groups is 2. The van der Waals surface area contributed by atoms with Crippen molar-refractivity contribution < 1.29 is 27.5 Å². The van der Waals surface area contributed by atoms with E-state index in [9.17, 15) is 22.8 Å². The van der Waals surface area contributed by atoms with Crippen molar-refractivity contribution in [2.45, 2.75) is 25.1 Å². The van der Waals surface area contributed by atoms with E-state index in [1.165, 1.54) is 12.1 Å². The molecule has 0 radical (unpaired) electrons. The molecule has 23 heavy (non-hydrogen) atoms. The van der Waals surface area contributed by atoms with Crippen LogP contribution in [0.15, 0.2) is 24.3 Å². The molecule has 1 heterocycles. The summed E-state index contributed by atoms with van der Waals surface area (Å²) >= 11 is 0. The normalized spacial score (nSPS) is 34.6. The fraction of sp³-hybridized carbons (Fsp3) is 0.500. The number of carbonyl (C=O) groups excluding carboxylic acids is 2. The van der Waals surface area contributed by atoms with E-state index >= 15 is 0 Å². The van der Waals surface area contributed by atoms with Crippen molar-refractivity contribution in [3.8, 4) is 0 Å². The second-order valence-corrected chi connectivity index (χ2v) is 6.49. The van der Waals surface area contributed by atoms with Crippen LogP contribution in [0.2, 0.25) is 0 Å². The number of ether oxygens (including phenoxy) is 1. The number of benzene rings is 1. The van der Waals surface area contributed by atoms with E-state index < -0.39 is 23.6 Å². The highest BCUT2D eigenvalue weighted by atomic mass is 19.4. The predicted octanol–water partition coefficient (Wildman–Crippen LogP) is 2.84. The Bertz CT molecular complexity index is 685. The molecule has 3 fully saturated rings. The van der Waals surface area contributed by atoms with Crippen molar-refractivity contribution in [1.82, 2.24) is 0 Å². The Kier molecular flexibility index (Phi) is 2.98. The van der Waals surface area contributed by atoms with Gasteiger partial charge in [-0.15, -0.1) is 0 Å². The number of anilines is 1. The maximum Gasteiger partial charge on any atom is 0.416 e. The van der Waals surface area contributed by atoms with E-state index in [0.717, 1.165) is 18.6 Å². The monoisotopic (exact) mass is 325 g/mol. The Labute approximate surface area is 130 Å². The molecule has 1 N–H and O–H groups in total. The molecule has 4 nitrogen and oxygen atoms in total. The van der Waals surface area contributed by atoms with E-state index in [2.05, 4.69) is 5.32 Å². The fourth-order valence-corrected chi connectivity index (χ4v) is 4.36. The van der Waals surface area contributed by atoms with Gasteiger partial charge in [-0.3, -0.25) is 9.59 Å². The SMILES string of the molecule is O=C(Nc1cccc(C(F)(F)F)c1)[C@H]1[C@H]2C[C@H]3[C@@H]1C(=O)O[C@H]3C2. The lowest BCUT2D eigenvalue weighted by Gasteiger charge is -2.23. The van der Waals surface area contributed by atoms with Gasteiger partial charge < -0.3 is 10.1 Å². The zero-order chi connectivity index (χ0) is 16.4. The topological polar surface area (TPSA) is 55.4 Å². The molecule has 1 saturated heterocycles. The van der Waals surface area contributed by atoms with Gasteiger partial charge in [0.05, 0.1) is 17.4 Å². The zero-order valence-electron chi connectivity index (χ0n) is 12.0. The second-order valence-electron chi connectivity index (χ2n) is 6.49. The Morgan fingerprint density at radius 2 is 2.04 bits per heavy atom. The van der Waals surface area contributed by atoms with Crippen molar-refractivity contribution in [1.29, 1.82) is 0 Å². The maximum absolute atomic E-state index is 12.7. The summed E-state index contributed by atoms with van der Waals surface area (Å²) in [7, 11) is 0. The first kappa shape index (κ1) is 14.5. The molecule has 0 unspecified atom stereocenters. The smallest absolute Gasteiger partial charge is 0.416 e. The highest BCUT2D eigenvalue weighted by Gasteiger charge is 2.63. The number of esters is 1. The molecular formula is C16H14F3NO3. The summed E-state index contributed by atoms with van der Waals surface area (Å²) in [5, 5.41) is 2.54.